The normalized spacial score (nSPS) is 27.2. The van der Waals surface area contributed by atoms with E-state index >= 15 is 0 Å². The Morgan fingerprint density at radius 3 is 2.58 bits per heavy atom. The van der Waals surface area contributed by atoms with E-state index in [9.17, 15) is 0 Å². The van der Waals surface area contributed by atoms with Crippen LogP contribution < -0.4 is 10.6 Å². The van der Waals surface area contributed by atoms with Crippen LogP contribution in [0, 0.1) is 18.8 Å². The van der Waals surface area contributed by atoms with E-state index in [1.807, 2.05) is 0 Å². The summed E-state index contributed by atoms with van der Waals surface area (Å²) in [5, 5.41) is 7.19. The first-order valence-corrected chi connectivity index (χ1v) is 12.7. The summed E-state index contributed by atoms with van der Waals surface area (Å²) in [6, 6.07) is 9.31. The Hall–Kier alpha value is -0.900. The number of rotatable bonds is 7. The molecule has 3 unspecified atom stereocenters. The molecule has 1 aromatic rings. The monoisotopic (exact) mass is 570 g/mol. The minimum atomic E-state index is 0. The topological polar surface area (TPSA) is 58.1 Å². The number of hydrogen-bond donors (Lipinski definition) is 2. The molecule has 1 aromatic carbocycles. The number of benzene rings is 1. The summed E-state index contributed by atoms with van der Waals surface area (Å²) in [4.78, 5) is 7.63. The molecular formula is C26H43IN4O2. The molecule has 0 aromatic heterocycles. The SMILES string of the molecule is CCNC(=NCC1CCCOC1c1ccc(C)cc1)NC1CCN(CC2CCOC2)CC1.I. The number of hydrogen-bond acceptors (Lipinski definition) is 4. The zero-order valence-corrected chi connectivity index (χ0v) is 22.8. The summed E-state index contributed by atoms with van der Waals surface area (Å²) in [7, 11) is 0. The van der Waals surface area contributed by atoms with Gasteiger partial charge in [-0.3, -0.25) is 4.99 Å². The van der Waals surface area contributed by atoms with E-state index in [0.29, 0.717) is 12.0 Å². The fourth-order valence-corrected chi connectivity index (χ4v) is 5.23. The Balaban J connectivity index is 0.00000306. The standard InChI is InChI=1S/C26H42N4O2.HI/c1-3-27-26(29-24-10-13-30(14-11-24)18-21-12-16-31-19-21)28-17-23-5-4-15-32-25(23)22-8-6-20(2)7-9-22;/h6-9,21,23-25H,3-5,10-19H2,1-2H3,(H2,27,28,29);1H. The maximum Gasteiger partial charge on any atom is 0.191 e. The second kappa shape index (κ2) is 13.9. The molecule has 0 amide bonds. The first-order chi connectivity index (χ1) is 15.7. The fraction of sp³-hybridized carbons (Fsp3) is 0.731. The van der Waals surface area contributed by atoms with E-state index in [0.717, 1.165) is 51.2 Å². The zero-order chi connectivity index (χ0) is 22.2. The van der Waals surface area contributed by atoms with Gasteiger partial charge < -0.3 is 25.0 Å². The average molecular weight is 571 g/mol. The van der Waals surface area contributed by atoms with Crippen LogP contribution in [0.5, 0.6) is 0 Å². The van der Waals surface area contributed by atoms with E-state index in [2.05, 4.69) is 53.6 Å². The van der Waals surface area contributed by atoms with Gasteiger partial charge in [0.25, 0.3) is 0 Å². The van der Waals surface area contributed by atoms with Crippen molar-refractivity contribution in [3.8, 4) is 0 Å². The molecule has 0 spiro atoms. The third-order valence-electron chi connectivity index (χ3n) is 7.15. The molecule has 3 heterocycles. The van der Waals surface area contributed by atoms with Gasteiger partial charge >= 0.3 is 0 Å². The molecule has 186 valence electrons. The van der Waals surface area contributed by atoms with Crippen molar-refractivity contribution in [2.75, 3.05) is 52.5 Å². The lowest BCUT2D eigenvalue weighted by Crippen LogP contribution is -2.49. The Morgan fingerprint density at radius 1 is 1.09 bits per heavy atom. The fourth-order valence-electron chi connectivity index (χ4n) is 5.23. The Labute approximate surface area is 217 Å². The molecule has 0 bridgehead atoms. The summed E-state index contributed by atoms with van der Waals surface area (Å²) in [6.45, 7) is 12.2. The van der Waals surface area contributed by atoms with Gasteiger partial charge in [0.15, 0.2) is 5.96 Å². The highest BCUT2D eigenvalue weighted by Crippen LogP contribution is 2.34. The number of aliphatic imine (C=N–C) groups is 1. The molecule has 0 aliphatic carbocycles. The van der Waals surface area contributed by atoms with Crippen molar-refractivity contribution in [1.82, 2.24) is 15.5 Å². The molecule has 3 atom stereocenters. The zero-order valence-electron chi connectivity index (χ0n) is 20.4. The molecule has 4 rings (SSSR count). The van der Waals surface area contributed by atoms with Crippen LogP contribution in [0.1, 0.15) is 56.3 Å². The van der Waals surface area contributed by atoms with Crippen molar-refractivity contribution >= 4 is 29.9 Å². The van der Waals surface area contributed by atoms with Crippen LogP contribution in [0.15, 0.2) is 29.3 Å². The van der Waals surface area contributed by atoms with Gasteiger partial charge in [0.05, 0.1) is 12.7 Å². The summed E-state index contributed by atoms with van der Waals surface area (Å²) in [5.74, 6) is 2.12. The minimum absolute atomic E-state index is 0. The van der Waals surface area contributed by atoms with Crippen LogP contribution in [0.2, 0.25) is 0 Å². The maximum atomic E-state index is 6.20. The molecule has 0 radical (unpaired) electrons. The molecule has 33 heavy (non-hydrogen) atoms. The van der Waals surface area contributed by atoms with Crippen molar-refractivity contribution in [2.24, 2.45) is 16.8 Å². The van der Waals surface area contributed by atoms with Gasteiger partial charge in [-0.05, 0) is 57.4 Å². The number of guanidine groups is 1. The third-order valence-corrected chi connectivity index (χ3v) is 7.15. The molecule has 3 aliphatic rings. The van der Waals surface area contributed by atoms with Crippen LogP contribution >= 0.6 is 24.0 Å². The number of ether oxygens (including phenoxy) is 2. The quantitative estimate of drug-likeness (QED) is 0.293. The molecule has 2 N–H and O–H groups in total. The van der Waals surface area contributed by atoms with E-state index in [4.69, 9.17) is 14.5 Å². The molecule has 3 saturated heterocycles. The van der Waals surface area contributed by atoms with Gasteiger partial charge in [-0.15, -0.1) is 24.0 Å². The highest BCUT2D eigenvalue weighted by Gasteiger charge is 2.28. The van der Waals surface area contributed by atoms with Gasteiger partial charge in [0.1, 0.15) is 0 Å². The molecule has 3 aliphatic heterocycles. The lowest BCUT2D eigenvalue weighted by molar-refractivity contribution is -0.0250. The maximum absolute atomic E-state index is 6.20. The molecular weight excluding hydrogens is 527 g/mol. The minimum Gasteiger partial charge on any atom is -0.381 e. The lowest BCUT2D eigenvalue weighted by Gasteiger charge is -2.34. The van der Waals surface area contributed by atoms with Crippen LogP contribution in [0.4, 0.5) is 0 Å². The van der Waals surface area contributed by atoms with Gasteiger partial charge in [-0.1, -0.05) is 29.8 Å². The van der Waals surface area contributed by atoms with E-state index < -0.39 is 0 Å². The average Bonchev–Trinajstić information content (AvgIpc) is 3.33. The Morgan fingerprint density at radius 2 is 1.88 bits per heavy atom. The van der Waals surface area contributed by atoms with Gasteiger partial charge in [0, 0.05) is 57.9 Å². The summed E-state index contributed by atoms with van der Waals surface area (Å²) in [6.07, 6.45) is 6.03. The summed E-state index contributed by atoms with van der Waals surface area (Å²) in [5.41, 5.74) is 2.58. The second-order valence-electron chi connectivity index (χ2n) is 9.77. The first kappa shape index (κ1) is 26.7. The van der Waals surface area contributed by atoms with E-state index in [1.54, 1.807) is 0 Å². The van der Waals surface area contributed by atoms with Crippen LogP contribution in [0.25, 0.3) is 0 Å². The van der Waals surface area contributed by atoms with E-state index in [1.165, 1.54) is 56.4 Å². The molecule has 6 nitrogen and oxygen atoms in total. The van der Waals surface area contributed by atoms with Gasteiger partial charge in [0.2, 0.25) is 0 Å². The number of likely N-dealkylation sites (tertiary alicyclic amines) is 1. The van der Waals surface area contributed by atoms with Gasteiger partial charge in [-0.2, -0.15) is 0 Å². The summed E-state index contributed by atoms with van der Waals surface area (Å²) >= 11 is 0. The van der Waals surface area contributed by atoms with Crippen molar-refractivity contribution in [1.29, 1.82) is 0 Å². The predicted octanol–water partition coefficient (Wildman–Crippen LogP) is 4.14. The molecule has 0 saturated carbocycles. The van der Waals surface area contributed by atoms with Crippen LogP contribution in [-0.2, 0) is 9.47 Å². The van der Waals surface area contributed by atoms with Crippen LogP contribution in [0.3, 0.4) is 0 Å². The second-order valence-corrected chi connectivity index (χ2v) is 9.77. The number of halogens is 1. The van der Waals surface area contributed by atoms with Crippen molar-refractivity contribution in [2.45, 2.75) is 58.1 Å². The number of piperidine rings is 1. The lowest BCUT2D eigenvalue weighted by atomic mass is 9.89. The first-order valence-electron chi connectivity index (χ1n) is 12.7. The molecule has 7 heteroatoms. The van der Waals surface area contributed by atoms with Crippen molar-refractivity contribution in [3.63, 3.8) is 0 Å². The Kier molecular flexibility index (Phi) is 11.2. The number of aryl methyl sites for hydroxylation is 1. The van der Waals surface area contributed by atoms with Crippen molar-refractivity contribution in [3.05, 3.63) is 35.4 Å². The predicted molar refractivity (Wildman–Crippen MR) is 146 cm³/mol. The number of nitrogens with zero attached hydrogens (tertiary/aromatic N) is 2. The van der Waals surface area contributed by atoms with Crippen LogP contribution in [-0.4, -0.2) is 69.4 Å². The Bertz CT molecular complexity index is 716. The number of nitrogens with one attached hydrogen (secondary N) is 2. The highest BCUT2D eigenvalue weighted by molar-refractivity contribution is 14.0. The summed E-state index contributed by atoms with van der Waals surface area (Å²) < 4.78 is 11.7. The van der Waals surface area contributed by atoms with Gasteiger partial charge in [-0.25, -0.2) is 0 Å². The third kappa shape index (κ3) is 8.08. The van der Waals surface area contributed by atoms with E-state index in [-0.39, 0.29) is 30.1 Å². The largest absolute Gasteiger partial charge is 0.381 e. The van der Waals surface area contributed by atoms with Crippen molar-refractivity contribution < 1.29 is 9.47 Å². The molecule has 3 fully saturated rings. The highest BCUT2D eigenvalue weighted by atomic mass is 127. The smallest absolute Gasteiger partial charge is 0.191 e.